The van der Waals surface area contributed by atoms with Crippen LogP contribution in [-0.2, 0) is 4.74 Å². The lowest BCUT2D eigenvalue weighted by molar-refractivity contribution is 0.0527. The van der Waals surface area contributed by atoms with Crippen molar-refractivity contribution in [1.29, 1.82) is 0 Å². The van der Waals surface area contributed by atoms with Gasteiger partial charge in [0, 0.05) is 19.7 Å². The van der Waals surface area contributed by atoms with Gasteiger partial charge in [-0.1, -0.05) is 0 Å². The van der Waals surface area contributed by atoms with E-state index in [1.165, 1.54) is 4.90 Å². The number of hydrogen-bond donors (Lipinski definition) is 1. The molecule has 1 aromatic heterocycles. The van der Waals surface area contributed by atoms with Crippen molar-refractivity contribution in [2.75, 3.05) is 26.0 Å². The summed E-state index contributed by atoms with van der Waals surface area (Å²) in [4.78, 5) is 39.4. The van der Waals surface area contributed by atoms with Crippen LogP contribution in [0.2, 0.25) is 0 Å². The number of ether oxygens (including phenoxy) is 2. The second kappa shape index (κ2) is 9.56. The van der Waals surface area contributed by atoms with E-state index in [2.05, 4.69) is 5.32 Å². The first-order chi connectivity index (χ1) is 13.6. The molecule has 0 bridgehead atoms. The van der Waals surface area contributed by atoms with Crippen molar-refractivity contribution in [3.8, 4) is 5.75 Å². The Bertz CT molecular complexity index is 901. The summed E-state index contributed by atoms with van der Waals surface area (Å²) in [6.45, 7) is 7.40. The Morgan fingerprint density at radius 2 is 1.76 bits per heavy atom. The maximum absolute atomic E-state index is 12.7. The fraction of sp³-hybridized carbons (Fsp3) is 0.381. The van der Waals surface area contributed by atoms with Gasteiger partial charge in [0.25, 0.3) is 11.8 Å². The zero-order valence-electron chi connectivity index (χ0n) is 17.5. The highest BCUT2D eigenvalue weighted by Gasteiger charge is 2.27. The molecule has 0 fully saturated rings. The number of nitrogens with one attached hydrogen (secondary N) is 1. The maximum Gasteiger partial charge on any atom is 0.341 e. The molecule has 1 N–H and O–H groups in total. The quantitative estimate of drug-likeness (QED) is 0.688. The third-order valence-corrected chi connectivity index (χ3v) is 5.14. The van der Waals surface area contributed by atoms with Gasteiger partial charge >= 0.3 is 5.97 Å². The number of carbonyl (C=O) groups excluding carboxylic acids is 3. The van der Waals surface area contributed by atoms with Crippen molar-refractivity contribution in [2.45, 2.75) is 33.8 Å². The van der Waals surface area contributed by atoms with Crippen molar-refractivity contribution in [2.24, 2.45) is 0 Å². The summed E-state index contributed by atoms with van der Waals surface area (Å²) in [6, 6.07) is 6.70. The molecule has 0 saturated carbocycles. The molecule has 0 atom stereocenters. The van der Waals surface area contributed by atoms with E-state index in [9.17, 15) is 14.4 Å². The van der Waals surface area contributed by atoms with E-state index in [0.29, 0.717) is 26.8 Å². The Morgan fingerprint density at radius 3 is 2.28 bits per heavy atom. The molecule has 0 saturated heterocycles. The molecule has 7 nitrogen and oxygen atoms in total. The van der Waals surface area contributed by atoms with Gasteiger partial charge in [-0.05, 0) is 57.5 Å². The first-order valence-corrected chi connectivity index (χ1v) is 10.1. The summed E-state index contributed by atoms with van der Waals surface area (Å²) < 4.78 is 10.7. The summed E-state index contributed by atoms with van der Waals surface area (Å²) in [5.41, 5.74) is 1.10. The predicted molar refractivity (Wildman–Crippen MR) is 113 cm³/mol. The van der Waals surface area contributed by atoms with Crippen molar-refractivity contribution in [3.63, 3.8) is 0 Å². The second-order valence-corrected chi connectivity index (χ2v) is 7.85. The average molecular weight is 419 g/mol. The third-order valence-electron chi connectivity index (χ3n) is 3.94. The van der Waals surface area contributed by atoms with Crippen molar-refractivity contribution in [1.82, 2.24) is 4.90 Å². The highest BCUT2D eigenvalue weighted by Crippen LogP contribution is 2.34. The molecule has 0 aliphatic heterocycles. The molecule has 29 heavy (non-hydrogen) atoms. The number of rotatable bonds is 7. The predicted octanol–water partition coefficient (Wildman–Crippen LogP) is 3.97. The molecule has 1 heterocycles. The average Bonchev–Trinajstić information content (AvgIpc) is 2.97. The van der Waals surface area contributed by atoms with Crippen LogP contribution in [0.3, 0.4) is 0 Å². The summed E-state index contributed by atoms with van der Waals surface area (Å²) in [5.74, 6) is -0.546. The number of nitrogens with zero attached hydrogens (tertiary/aromatic N) is 1. The number of benzene rings is 1. The molecule has 0 aliphatic rings. The minimum absolute atomic E-state index is 0.0311. The summed E-state index contributed by atoms with van der Waals surface area (Å²) in [6.07, 6.45) is 0.0311. The molecule has 1 aromatic carbocycles. The Balaban J connectivity index is 2.34. The third kappa shape index (κ3) is 5.35. The topological polar surface area (TPSA) is 84.9 Å². The van der Waals surface area contributed by atoms with Crippen LogP contribution < -0.4 is 10.1 Å². The van der Waals surface area contributed by atoms with Crippen molar-refractivity contribution < 1.29 is 23.9 Å². The Hall–Kier alpha value is -2.87. The van der Waals surface area contributed by atoms with Crippen molar-refractivity contribution >= 4 is 34.1 Å². The van der Waals surface area contributed by atoms with E-state index in [1.807, 2.05) is 13.8 Å². The fourth-order valence-corrected chi connectivity index (χ4v) is 3.80. The molecule has 0 spiro atoms. The van der Waals surface area contributed by atoms with Gasteiger partial charge in [0.1, 0.15) is 10.8 Å². The van der Waals surface area contributed by atoms with E-state index in [4.69, 9.17) is 9.47 Å². The van der Waals surface area contributed by atoms with Crippen LogP contribution in [0.4, 0.5) is 5.00 Å². The minimum Gasteiger partial charge on any atom is -0.491 e. The zero-order valence-corrected chi connectivity index (χ0v) is 18.3. The second-order valence-electron chi connectivity index (χ2n) is 6.83. The first kappa shape index (κ1) is 22.4. The molecule has 2 aromatic rings. The number of amides is 2. The Labute approximate surface area is 174 Å². The molecule has 0 unspecified atom stereocenters. The van der Waals surface area contributed by atoms with Gasteiger partial charge in [0.15, 0.2) is 0 Å². The van der Waals surface area contributed by atoms with E-state index in [1.54, 1.807) is 52.2 Å². The molecule has 156 valence electrons. The van der Waals surface area contributed by atoms with Crippen LogP contribution in [0, 0.1) is 6.92 Å². The van der Waals surface area contributed by atoms with Gasteiger partial charge in [-0.15, -0.1) is 11.3 Å². The molecule has 2 amide bonds. The van der Waals surface area contributed by atoms with Gasteiger partial charge in [-0.2, -0.15) is 0 Å². The number of thiophene rings is 1. The van der Waals surface area contributed by atoms with E-state index < -0.39 is 11.9 Å². The molecular formula is C21H26N2O5S. The normalized spacial score (nSPS) is 10.6. The first-order valence-electron chi connectivity index (χ1n) is 9.25. The lowest BCUT2D eigenvalue weighted by atomic mass is 10.1. The Kier molecular flexibility index (Phi) is 7.39. The highest BCUT2D eigenvalue weighted by molar-refractivity contribution is 7.18. The summed E-state index contributed by atoms with van der Waals surface area (Å²) in [7, 11) is 3.26. The molecule has 2 rings (SSSR count). The fourth-order valence-electron chi connectivity index (χ4n) is 2.59. The molecule has 0 radical (unpaired) electrons. The monoisotopic (exact) mass is 418 g/mol. The van der Waals surface area contributed by atoms with Crippen molar-refractivity contribution in [3.05, 3.63) is 45.8 Å². The van der Waals surface area contributed by atoms with Gasteiger partial charge in [0.2, 0.25) is 0 Å². The van der Waals surface area contributed by atoms with E-state index >= 15 is 0 Å². The largest absolute Gasteiger partial charge is 0.491 e. The minimum atomic E-state index is -0.574. The van der Waals surface area contributed by atoms with Crippen LogP contribution in [0.5, 0.6) is 5.75 Å². The van der Waals surface area contributed by atoms with Crippen LogP contribution in [0.1, 0.15) is 56.7 Å². The highest BCUT2D eigenvalue weighted by atomic mass is 32.1. The SMILES string of the molecule is CCOC(=O)c1c(NC(=O)c2ccc(OC(C)C)cc2)sc(C(=O)N(C)C)c1C. The molecule has 0 aliphatic carbocycles. The summed E-state index contributed by atoms with van der Waals surface area (Å²) >= 11 is 1.06. The van der Waals surface area contributed by atoms with Gasteiger partial charge in [-0.3, -0.25) is 9.59 Å². The van der Waals surface area contributed by atoms with Gasteiger partial charge in [-0.25, -0.2) is 4.79 Å². The lowest BCUT2D eigenvalue weighted by Gasteiger charge is -2.10. The van der Waals surface area contributed by atoms with Crippen LogP contribution in [0.25, 0.3) is 0 Å². The van der Waals surface area contributed by atoms with E-state index in [0.717, 1.165) is 11.3 Å². The van der Waals surface area contributed by atoms with Gasteiger partial charge in [0.05, 0.1) is 23.2 Å². The standard InChI is InChI=1S/C21H26N2O5S/c1-7-27-21(26)16-13(4)17(20(25)23(5)6)29-19(16)22-18(24)14-8-10-15(11-9-14)28-12(2)3/h8-12H,7H2,1-6H3,(H,22,24). The number of carbonyl (C=O) groups is 3. The summed E-state index contributed by atoms with van der Waals surface area (Å²) in [5, 5.41) is 3.04. The smallest absolute Gasteiger partial charge is 0.341 e. The van der Waals surface area contributed by atoms with Crippen LogP contribution in [0.15, 0.2) is 24.3 Å². The molecular weight excluding hydrogens is 392 g/mol. The zero-order chi connectivity index (χ0) is 21.7. The van der Waals surface area contributed by atoms with E-state index in [-0.39, 0.29) is 24.2 Å². The van der Waals surface area contributed by atoms with Gasteiger partial charge < -0.3 is 19.7 Å². The maximum atomic E-state index is 12.7. The van der Waals surface area contributed by atoms with Crippen LogP contribution in [-0.4, -0.2) is 49.5 Å². The lowest BCUT2D eigenvalue weighted by Crippen LogP contribution is -2.21. The number of esters is 1. The Morgan fingerprint density at radius 1 is 1.14 bits per heavy atom. The number of hydrogen-bond acceptors (Lipinski definition) is 6. The molecule has 8 heteroatoms. The van der Waals surface area contributed by atoms with Crippen LogP contribution >= 0.6 is 11.3 Å². The number of anilines is 1.